The van der Waals surface area contributed by atoms with Crippen LogP contribution in [0.25, 0.3) is 0 Å². The Hall–Kier alpha value is -2.75. The highest BCUT2D eigenvalue weighted by Crippen LogP contribution is 2.51. The number of fused-ring (bicyclic) bond motifs is 3. The number of carboxylic acid groups (broad SMARTS) is 1. The standard InChI is InChI=1S/C33H37F6NO3/c1-17(31(41)42)29(20-4-5-20)21-6-3-19-9-12-27(43-28(19)13-21)30-22-7-8-23(30)16-40(15-22)18(2)25-14-24(32(34,35)36)10-11-26(25)33(37,38)39/h3,6,10-11,13-14,17-18,20,22-23,27,29-30H,4-5,7-9,12,15-16H2,1-2H3,(H,41,42)/t17-,18+,22-,23+,27?,29-,30+/m0/s1. The molecule has 2 aliphatic carbocycles. The first-order valence-corrected chi connectivity index (χ1v) is 15.3. The van der Waals surface area contributed by atoms with E-state index in [1.165, 1.54) is 0 Å². The van der Waals surface area contributed by atoms with Gasteiger partial charge in [-0.2, -0.15) is 26.3 Å². The lowest BCUT2D eigenvalue weighted by Gasteiger charge is -2.45. The van der Waals surface area contributed by atoms with Gasteiger partial charge in [-0.25, -0.2) is 0 Å². The maximum atomic E-state index is 13.9. The van der Waals surface area contributed by atoms with Gasteiger partial charge in [0.15, 0.2) is 0 Å². The molecule has 2 aromatic carbocycles. The Morgan fingerprint density at radius 3 is 2.16 bits per heavy atom. The number of aryl methyl sites for hydroxylation is 1. The number of benzene rings is 2. The molecular formula is C33H37F6NO3. The van der Waals surface area contributed by atoms with Crippen LogP contribution in [0.2, 0.25) is 0 Å². The van der Waals surface area contributed by atoms with E-state index in [9.17, 15) is 36.2 Å². The Morgan fingerprint density at radius 2 is 1.58 bits per heavy atom. The molecule has 3 fully saturated rings. The van der Waals surface area contributed by atoms with Gasteiger partial charge in [0, 0.05) is 25.0 Å². The third kappa shape index (κ3) is 5.88. The number of carbonyl (C=O) groups is 1. The summed E-state index contributed by atoms with van der Waals surface area (Å²) in [7, 11) is 0. The summed E-state index contributed by atoms with van der Waals surface area (Å²) in [5, 5.41) is 9.70. The van der Waals surface area contributed by atoms with E-state index in [0.29, 0.717) is 37.2 Å². The Kier molecular flexibility index (Phi) is 7.75. The van der Waals surface area contributed by atoms with Crippen LogP contribution in [0.3, 0.4) is 0 Å². The second-order valence-electron chi connectivity index (χ2n) is 13.2. The fourth-order valence-corrected chi connectivity index (χ4v) is 8.23. The minimum atomic E-state index is -4.76. The van der Waals surface area contributed by atoms with Crippen LogP contribution in [0.1, 0.15) is 85.7 Å². The minimum Gasteiger partial charge on any atom is -0.490 e. The zero-order valence-electron chi connectivity index (χ0n) is 24.2. The normalized spacial score (nSPS) is 28.1. The minimum absolute atomic E-state index is 0.0618. The monoisotopic (exact) mass is 609 g/mol. The summed E-state index contributed by atoms with van der Waals surface area (Å²) < 4.78 is 88.6. The number of likely N-dealkylation sites (tertiary alicyclic amines) is 1. The van der Waals surface area contributed by atoms with Crippen molar-refractivity contribution in [3.63, 3.8) is 0 Å². The topological polar surface area (TPSA) is 49.8 Å². The Bertz CT molecular complexity index is 1360. The van der Waals surface area contributed by atoms with Crippen molar-refractivity contribution >= 4 is 5.97 Å². The summed E-state index contributed by atoms with van der Waals surface area (Å²) in [4.78, 5) is 13.7. The number of hydrogen-bond acceptors (Lipinski definition) is 3. The molecule has 1 unspecified atom stereocenters. The molecule has 1 N–H and O–H groups in total. The van der Waals surface area contributed by atoms with E-state index >= 15 is 0 Å². The molecule has 234 valence electrons. The van der Waals surface area contributed by atoms with E-state index < -0.39 is 41.4 Å². The lowest BCUT2D eigenvalue weighted by Crippen LogP contribution is -2.49. The number of halogens is 6. The van der Waals surface area contributed by atoms with E-state index in [2.05, 4.69) is 6.07 Å². The highest BCUT2D eigenvalue weighted by Gasteiger charge is 2.49. The maximum Gasteiger partial charge on any atom is 0.416 e. The smallest absolute Gasteiger partial charge is 0.416 e. The SMILES string of the molecule is C[C@H](C(=O)O)[C@H](c1ccc2c(c1)OC([C@H]1[C@@H]3CC[C@H]1CN([C@H](C)c1cc(C(F)(F)F)ccc1C(F)(F)F)C3)CC2)C1CC1. The quantitative estimate of drug-likeness (QED) is 0.321. The predicted molar refractivity (Wildman–Crippen MR) is 148 cm³/mol. The van der Waals surface area contributed by atoms with Crippen molar-refractivity contribution in [2.75, 3.05) is 13.1 Å². The van der Waals surface area contributed by atoms with Crippen LogP contribution in [-0.4, -0.2) is 35.2 Å². The molecule has 6 rings (SSSR count). The van der Waals surface area contributed by atoms with Crippen LogP contribution in [0, 0.1) is 29.6 Å². The molecular weight excluding hydrogens is 572 g/mol. The molecule has 0 radical (unpaired) electrons. The number of aliphatic carboxylic acids is 1. The average Bonchev–Trinajstić information content (AvgIpc) is 3.74. The fourth-order valence-electron chi connectivity index (χ4n) is 8.23. The number of piperidine rings is 1. The van der Waals surface area contributed by atoms with Crippen LogP contribution in [0.15, 0.2) is 36.4 Å². The van der Waals surface area contributed by atoms with E-state index in [4.69, 9.17) is 4.74 Å². The van der Waals surface area contributed by atoms with Gasteiger partial charge in [-0.15, -0.1) is 0 Å². The van der Waals surface area contributed by atoms with E-state index in [1.807, 2.05) is 17.0 Å². The number of alkyl halides is 6. The molecule has 0 aromatic heterocycles. The number of hydrogen-bond donors (Lipinski definition) is 1. The van der Waals surface area contributed by atoms with Crippen LogP contribution >= 0.6 is 0 Å². The van der Waals surface area contributed by atoms with E-state index in [0.717, 1.165) is 55.4 Å². The van der Waals surface area contributed by atoms with E-state index in [-0.39, 0.29) is 35.3 Å². The molecule has 7 atom stereocenters. The van der Waals surface area contributed by atoms with Gasteiger partial charge in [-0.3, -0.25) is 9.69 Å². The molecule has 4 nitrogen and oxygen atoms in total. The van der Waals surface area contributed by atoms with Gasteiger partial charge >= 0.3 is 18.3 Å². The second kappa shape index (κ2) is 11.0. The van der Waals surface area contributed by atoms with Gasteiger partial charge in [0.1, 0.15) is 11.9 Å². The van der Waals surface area contributed by atoms with Crippen LogP contribution in [0.4, 0.5) is 26.3 Å². The zero-order chi connectivity index (χ0) is 30.8. The van der Waals surface area contributed by atoms with Gasteiger partial charge in [0.05, 0.1) is 17.0 Å². The summed E-state index contributed by atoms with van der Waals surface area (Å²) in [6, 6.07) is 7.02. The lowest BCUT2D eigenvalue weighted by molar-refractivity contribution is -0.142. The lowest BCUT2D eigenvalue weighted by atomic mass is 9.77. The summed E-state index contributed by atoms with van der Waals surface area (Å²) >= 11 is 0. The average molecular weight is 610 g/mol. The van der Waals surface area contributed by atoms with Crippen molar-refractivity contribution in [3.8, 4) is 5.75 Å². The number of nitrogens with zero attached hydrogens (tertiary/aromatic N) is 1. The number of carboxylic acids is 1. The molecule has 0 spiro atoms. The number of rotatable bonds is 7. The van der Waals surface area contributed by atoms with E-state index in [1.54, 1.807) is 13.8 Å². The Morgan fingerprint density at radius 1 is 0.907 bits per heavy atom. The van der Waals surface area contributed by atoms with Crippen molar-refractivity contribution in [1.29, 1.82) is 0 Å². The van der Waals surface area contributed by atoms with Crippen LogP contribution in [0.5, 0.6) is 5.75 Å². The van der Waals surface area contributed by atoms with Crippen LogP contribution in [-0.2, 0) is 23.6 Å². The molecule has 2 heterocycles. The van der Waals surface area contributed by atoms with Gasteiger partial charge in [-0.1, -0.05) is 19.1 Å². The summed E-state index contributed by atoms with van der Waals surface area (Å²) in [5.41, 5.74) is -0.343. The Balaban J connectivity index is 1.20. The first-order chi connectivity index (χ1) is 20.2. The molecule has 2 bridgehead atoms. The van der Waals surface area contributed by atoms with Crippen molar-refractivity contribution in [2.24, 2.45) is 29.6 Å². The highest BCUT2D eigenvalue weighted by atomic mass is 19.4. The molecule has 43 heavy (non-hydrogen) atoms. The van der Waals surface area contributed by atoms with Gasteiger partial charge in [0.25, 0.3) is 0 Å². The van der Waals surface area contributed by atoms with Crippen LogP contribution < -0.4 is 4.74 Å². The molecule has 4 aliphatic rings. The van der Waals surface area contributed by atoms with Crippen molar-refractivity contribution in [3.05, 3.63) is 64.2 Å². The zero-order valence-corrected chi connectivity index (χ0v) is 24.2. The largest absolute Gasteiger partial charge is 0.490 e. The summed E-state index contributed by atoms with van der Waals surface area (Å²) in [6.07, 6.45) is -4.05. The molecule has 2 saturated carbocycles. The second-order valence-corrected chi connectivity index (χ2v) is 13.2. The Labute approximate surface area is 247 Å². The predicted octanol–water partition coefficient (Wildman–Crippen LogP) is 8.35. The molecule has 2 aliphatic heterocycles. The van der Waals surface area contributed by atoms with Crippen molar-refractivity contribution in [2.45, 2.75) is 82.8 Å². The third-order valence-electron chi connectivity index (χ3n) is 10.6. The first-order valence-electron chi connectivity index (χ1n) is 15.3. The summed E-state index contributed by atoms with van der Waals surface area (Å²) in [5.74, 6) is 0.336. The summed E-state index contributed by atoms with van der Waals surface area (Å²) in [6.45, 7) is 4.34. The van der Waals surface area contributed by atoms with Gasteiger partial charge in [-0.05, 0) is 110 Å². The highest BCUT2D eigenvalue weighted by molar-refractivity contribution is 5.71. The van der Waals surface area contributed by atoms with Crippen molar-refractivity contribution < 1.29 is 41.0 Å². The molecule has 0 amide bonds. The van der Waals surface area contributed by atoms with Gasteiger partial charge < -0.3 is 9.84 Å². The molecule has 1 saturated heterocycles. The third-order valence-corrected chi connectivity index (χ3v) is 10.6. The maximum absolute atomic E-state index is 13.9. The fraction of sp³-hybridized carbons (Fsp3) is 0.606. The molecule has 2 aromatic rings. The van der Waals surface area contributed by atoms with Gasteiger partial charge in [0.2, 0.25) is 0 Å². The van der Waals surface area contributed by atoms with Crippen molar-refractivity contribution in [1.82, 2.24) is 4.90 Å². The first kappa shape index (κ1) is 30.3. The number of ether oxygens (including phenoxy) is 1. The molecule has 10 heteroatoms.